The van der Waals surface area contributed by atoms with Gasteiger partial charge < -0.3 is 14.8 Å². The van der Waals surface area contributed by atoms with Crippen LogP contribution in [-0.2, 0) is 13.0 Å². The number of hydrogen-bond acceptors (Lipinski definition) is 5. The van der Waals surface area contributed by atoms with E-state index in [1.54, 1.807) is 25.6 Å². The molecule has 0 bridgehead atoms. The molecule has 0 unspecified atom stereocenters. The Balaban J connectivity index is 1.47. The molecule has 2 aromatic heterocycles. The molecular formula is C25H25N3O3S. The van der Waals surface area contributed by atoms with E-state index in [1.165, 1.54) is 0 Å². The molecule has 4 rings (SSSR count). The number of nitrogens with zero attached hydrogens (tertiary/aromatic N) is 2. The van der Waals surface area contributed by atoms with Crippen LogP contribution in [0.2, 0.25) is 0 Å². The van der Waals surface area contributed by atoms with Crippen molar-refractivity contribution in [2.75, 3.05) is 20.8 Å². The van der Waals surface area contributed by atoms with E-state index < -0.39 is 0 Å². The monoisotopic (exact) mass is 447 g/mol. The third-order valence-corrected chi connectivity index (χ3v) is 5.97. The van der Waals surface area contributed by atoms with Gasteiger partial charge in [-0.05, 0) is 41.1 Å². The number of amides is 1. The van der Waals surface area contributed by atoms with E-state index in [-0.39, 0.29) is 5.91 Å². The number of methoxy groups -OCH3 is 2. The van der Waals surface area contributed by atoms with Crippen molar-refractivity contribution in [3.8, 4) is 22.1 Å². The highest BCUT2D eigenvalue weighted by Gasteiger charge is 2.18. The van der Waals surface area contributed by atoms with Crippen molar-refractivity contribution in [2.24, 2.45) is 0 Å². The van der Waals surface area contributed by atoms with Gasteiger partial charge >= 0.3 is 0 Å². The molecule has 7 heteroatoms. The van der Waals surface area contributed by atoms with Crippen LogP contribution in [0.5, 0.6) is 11.5 Å². The minimum atomic E-state index is -0.131. The molecule has 2 heterocycles. The van der Waals surface area contributed by atoms with Crippen molar-refractivity contribution in [1.29, 1.82) is 0 Å². The first-order valence-electron chi connectivity index (χ1n) is 10.3. The number of hydrogen-bond donors (Lipinski definition) is 1. The predicted octanol–water partition coefficient (Wildman–Crippen LogP) is 4.65. The summed E-state index contributed by atoms with van der Waals surface area (Å²) in [5.41, 5.74) is 3.48. The second kappa shape index (κ2) is 10.2. The number of rotatable bonds is 9. The minimum Gasteiger partial charge on any atom is -0.493 e. The molecule has 0 fully saturated rings. The van der Waals surface area contributed by atoms with Gasteiger partial charge in [0.05, 0.1) is 31.2 Å². The molecular weight excluding hydrogens is 422 g/mol. The lowest BCUT2D eigenvalue weighted by Gasteiger charge is -2.10. The van der Waals surface area contributed by atoms with Gasteiger partial charge in [0.2, 0.25) is 0 Å². The van der Waals surface area contributed by atoms with E-state index in [9.17, 15) is 4.79 Å². The number of aromatic nitrogens is 2. The van der Waals surface area contributed by atoms with Gasteiger partial charge in [0, 0.05) is 12.7 Å². The summed E-state index contributed by atoms with van der Waals surface area (Å²) in [7, 11) is 3.23. The van der Waals surface area contributed by atoms with Crippen LogP contribution in [0.25, 0.3) is 10.6 Å². The highest BCUT2D eigenvalue weighted by atomic mass is 32.1. The number of benzene rings is 2. The van der Waals surface area contributed by atoms with Crippen molar-refractivity contribution in [3.05, 3.63) is 88.9 Å². The van der Waals surface area contributed by atoms with Crippen LogP contribution in [-0.4, -0.2) is 36.5 Å². The summed E-state index contributed by atoms with van der Waals surface area (Å²) in [5, 5.41) is 9.74. The molecule has 0 radical (unpaired) electrons. The molecule has 1 amide bonds. The average molecular weight is 448 g/mol. The number of carbonyl (C=O) groups is 1. The lowest BCUT2D eigenvalue weighted by atomic mass is 10.1. The van der Waals surface area contributed by atoms with Gasteiger partial charge in [-0.15, -0.1) is 11.3 Å². The molecule has 0 aliphatic heterocycles. The second-order valence-electron chi connectivity index (χ2n) is 7.25. The maximum absolute atomic E-state index is 13.0. The molecule has 0 saturated carbocycles. The molecule has 0 aliphatic carbocycles. The fourth-order valence-corrected chi connectivity index (χ4v) is 4.21. The molecule has 6 nitrogen and oxygen atoms in total. The van der Waals surface area contributed by atoms with Crippen molar-refractivity contribution < 1.29 is 14.3 Å². The third kappa shape index (κ3) is 5.00. The normalized spacial score (nSPS) is 10.7. The average Bonchev–Trinajstić information content (AvgIpc) is 3.49. The first-order valence-corrected chi connectivity index (χ1v) is 11.2. The molecule has 32 heavy (non-hydrogen) atoms. The van der Waals surface area contributed by atoms with E-state index in [0.29, 0.717) is 42.3 Å². The minimum absolute atomic E-state index is 0.131. The number of carbonyl (C=O) groups excluding carboxylic acids is 1. The predicted molar refractivity (Wildman–Crippen MR) is 127 cm³/mol. The van der Waals surface area contributed by atoms with Crippen LogP contribution >= 0.6 is 11.3 Å². The van der Waals surface area contributed by atoms with E-state index in [1.807, 2.05) is 64.8 Å². The standard InChI is InChI=1S/C25H25N3O3S/c1-30-21-11-10-18(15-22(21)31-2)12-13-26-25(29)20-17-28(16-19-7-4-3-5-8-19)27-24(20)23-9-6-14-32-23/h3-11,14-15,17H,12-13,16H2,1-2H3,(H,26,29). The lowest BCUT2D eigenvalue weighted by Crippen LogP contribution is -2.25. The Labute approximate surface area is 191 Å². The van der Waals surface area contributed by atoms with E-state index in [4.69, 9.17) is 14.6 Å². The Bertz CT molecular complexity index is 1170. The Morgan fingerprint density at radius 1 is 1.00 bits per heavy atom. The Morgan fingerprint density at radius 2 is 1.81 bits per heavy atom. The van der Waals surface area contributed by atoms with Gasteiger partial charge in [0.15, 0.2) is 11.5 Å². The highest BCUT2D eigenvalue weighted by molar-refractivity contribution is 7.13. The van der Waals surface area contributed by atoms with Gasteiger partial charge in [0.1, 0.15) is 5.69 Å². The van der Waals surface area contributed by atoms with Crippen molar-refractivity contribution in [2.45, 2.75) is 13.0 Å². The third-order valence-electron chi connectivity index (χ3n) is 5.10. The molecule has 164 valence electrons. The van der Waals surface area contributed by atoms with Gasteiger partial charge in [-0.1, -0.05) is 42.5 Å². The molecule has 0 atom stereocenters. The van der Waals surface area contributed by atoms with Crippen LogP contribution in [0, 0.1) is 0 Å². The van der Waals surface area contributed by atoms with Gasteiger partial charge in [-0.2, -0.15) is 5.10 Å². The second-order valence-corrected chi connectivity index (χ2v) is 8.19. The fraction of sp³-hybridized carbons (Fsp3) is 0.200. The number of thiophene rings is 1. The molecule has 4 aromatic rings. The quantitative estimate of drug-likeness (QED) is 0.406. The topological polar surface area (TPSA) is 65.4 Å². The zero-order valence-electron chi connectivity index (χ0n) is 18.1. The Hall–Kier alpha value is -3.58. The van der Waals surface area contributed by atoms with Gasteiger partial charge in [-0.25, -0.2) is 0 Å². The maximum atomic E-state index is 13.0. The Morgan fingerprint density at radius 3 is 2.53 bits per heavy atom. The van der Waals surface area contributed by atoms with E-state index in [0.717, 1.165) is 16.0 Å². The molecule has 0 saturated heterocycles. The summed E-state index contributed by atoms with van der Waals surface area (Å²) >= 11 is 1.57. The molecule has 0 spiro atoms. The van der Waals surface area contributed by atoms with Crippen molar-refractivity contribution in [3.63, 3.8) is 0 Å². The molecule has 0 aliphatic rings. The summed E-state index contributed by atoms with van der Waals surface area (Å²) in [4.78, 5) is 14.0. The number of nitrogens with one attached hydrogen (secondary N) is 1. The fourth-order valence-electron chi connectivity index (χ4n) is 3.49. The summed E-state index contributed by atoms with van der Waals surface area (Å²) in [5.74, 6) is 1.23. The van der Waals surface area contributed by atoms with Crippen LogP contribution < -0.4 is 14.8 Å². The zero-order chi connectivity index (χ0) is 22.3. The summed E-state index contributed by atoms with van der Waals surface area (Å²) in [6.45, 7) is 1.11. The van der Waals surface area contributed by atoms with Crippen molar-refractivity contribution >= 4 is 17.2 Å². The van der Waals surface area contributed by atoms with Crippen LogP contribution in [0.3, 0.4) is 0 Å². The summed E-state index contributed by atoms with van der Waals surface area (Å²) < 4.78 is 12.5. The molecule has 1 N–H and O–H groups in total. The zero-order valence-corrected chi connectivity index (χ0v) is 18.9. The van der Waals surface area contributed by atoms with Crippen LogP contribution in [0.15, 0.2) is 72.2 Å². The van der Waals surface area contributed by atoms with E-state index >= 15 is 0 Å². The van der Waals surface area contributed by atoms with Gasteiger partial charge in [-0.3, -0.25) is 9.48 Å². The highest BCUT2D eigenvalue weighted by Crippen LogP contribution is 2.28. The first-order chi connectivity index (χ1) is 15.7. The van der Waals surface area contributed by atoms with E-state index in [2.05, 4.69) is 17.4 Å². The summed E-state index contributed by atoms with van der Waals surface area (Å²) in [6.07, 6.45) is 2.51. The smallest absolute Gasteiger partial charge is 0.255 e. The van der Waals surface area contributed by atoms with Crippen LogP contribution in [0.4, 0.5) is 0 Å². The SMILES string of the molecule is COc1ccc(CCNC(=O)c2cn(Cc3ccccc3)nc2-c2cccs2)cc1OC. The Kier molecular flexibility index (Phi) is 6.87. The van der Waals surface area contributed by atoms with Crippen molar-refractivity contribution in [1.82, 2.24) is 15.1 Å². The number of ether oxygens (including phenoxy) is 2. The largest absolute Gasteiger partial charge is 0.493 e. The lowest BCUT2D eigenvalue weighted by molar-refractivity contribution is 0.0954. The molecule has 2 aromatic carbocycles. The first kappa shape index (κ1) is 21.6. The summed E-state index contributed by atoms with van der Waals surface area (Å²) in [6, 6.07) is 19.8. The van der Waals surface area contributed by atoms with Crippen LogP contribution in [0.1, 0.15) is 21.5 Å². The van der Waals surface area contributed by atoms with Gasteiger partial charge in [0.25, 0.3) is 5.91 Å². The maximum Gasteiger partial charge on any atom is 0.255 e.